The van der Waals surface area contributed by atoms with Crippen LogP contribution in [-0.4, -0.2) is 15.5 Å². The van der Waals surface area contributed by atoms with Gasteiger partial charge < -0.3 is 0 Å². The fourth-order valence-corrected chi connectivity index (χ4v) is 4.15. The van der Waals surface area contributed by atoms with Gasteiger partial charge in [0.15, 0.2) is 0 Å². The number of alkyl halides is 1. The van der Waals surface area contributed by atoms with Crippen LogP contribution in [0.25, 0.3) is 0 Å². The van der Waals surface area contributed by atoms with Gasteiger partial charge >= 0.3 is 0 Å². The lowest BCUT2D eigenvalue weighted by atomic mass is 9.98. The molecule has 0 radical (unpaired) electrons. The van der Waals surface area contributed by atoms with E-state index < -0.39 is 0 Å². The first-order chi connectivity index (χ1) is 13.1. The number of para-hydroxylation sites is 1. The molecule has 3 aromatic carbocycles. The largest absolute Gasteiger partial charge is 0.270 e. The highest BCUT2D eigenvalue weighted by molar-refractivity contribution is 9.10. The smallest absolute Gasteiger partial charge is 0.258 e. The maximum Gasteiger partial charge on any atom is 0.270 e. The summed E-state index contributed by atoms with van der Waals surface area (Å²) in [5.74, 6) is 0. The summed E-state index contributed by atoms with van der Waals surface area (Å²) in [4.78, 5) is 10.7. The maximum atomic E-state index is 11.2. The molecule has 0 aliphatic carbocycles. The topological polar surface area (TPSA) is 58.7 Å². The predicted octanol–water partition coefficient (Wildman–Crippen LogP) is 5.32. The van der Waals surface area contributed by atoms with Crippen LogP contribution in [0.2, 0.25) is 0 Å². The van der Waals surface area contributed by atoms with E-state index in [1.165, 1.54) is 6.07 Å². The molecule has 0 saturated carbocycles. The first-order valence-electron chi connectivity index (χ1n) is 8.52. The molecule has 1 aliphatic rings. The fraction of sp³-hybridized carbons (Fsp3) is 0.0952. The molecule has 0 saturated heterocycles. The molecule has 5 nitrogen and oxygen atoms in total. The Morgan fingerprint density at radius 3 is 2.26 bits per heavy atom. The quantitative estimate of drug-likeness (QED) is 0.325. The summed E-state index contributed by atoms with van der Waals surface area (Å²) in [5, 5.41) is 18.0. The average molecular weight is 422 g/mol. The van der Waals surface area contributed by atoms with E-state index in [2.05, 4.69) is 28.1 Å². The van der Waals surface area contributed by atoms with Crippen molar-refractivity contribution < 1.29 is 4.92 Å². The molecular weight excluding hydrogens is 406 g/mol. The van der Waals surface area contributed by atoms with E-state index in [-0.39, 0.29) is 21.5 Å². The molecule has 6 heteroatoms. The Labute approximate surface area is 165 Å². The SMILES string of the molecule is O=[N+]([O-])c1cccc(C2=NN(c3ccccc3)C(c3ccccc3)C2Br)c1. The molecule has 134 valence electrons. The third kappa shape index (κ3) is 3.36. The number of nitro groups is 1. The Morgan fingerprint density at radius 1 is 0.926 bits per heavy atom. The second-order valence-electron chi connectivity index (χ2n) is 6.23. The molecule has 0 N–H and O–H groups in total. The van der Waals surface area contributed by atoms with E-state index in [0.717, 1.165) is 22.5 Å². The lowest BCUT2D eigenvalue weighted by Gasteiger charge is -2.26. The summed E-state index contributed by atoms with van der Waals surface area (Å²) in [6, 6.07) is 26.6. The van der Waals surface area contributed by atoms with Gasteiger partial charge in [-0.3, -0.25) is 15.1 Å². The molecule has 1 heterocycles. The second kappa shape index (κ2) is 7.32. The molecule has 0 amide bonds. The van der Waals surface area contributed by atoms with Gasteiger partial charge in [-0.05, 0) is 17.7 Å². The summed E-state index contributed by atoms with van der Waals surface area (Å²) in [5.41, 5.74) is 3.66. The highest BCUT2D eigenvalue weighted by atomic mass is 79.9. The Kier molecular flexibility index (Phi) is 4.73. The number of hydrazone groups is 1. The Bertz CT molecular complexity index is 993. The summed E-state index contributed by atoms with van der Waals surface area (Å²) >= 11 is 3.80. The first kappa shape index (κ1) is 17.4. The summed E-state index contributed by atoms with van der Waals surface area (Å²) in [7, 11) is 0. The summed E-state index contributed by atoms with van der Waals surface area (Å²) < 4.78 is 0. The van der Waals surface area contributed by atoms with Crippen LogP contribution in [0, 0.1) is 10.1 Å². The molecule has 0 aromatic heterocycles. The zero-order chi connectivity index (χ0) is 18.8. The highest BCUT2D eigenvalue weighted by Crippen LogP contribution is 2.40. The van der Waals surface area contributed by atoms with Crippen molar-refractivity contribution in [1.29, 1.82) is 0 Å². The van der Waals surface area contributed by atoms with Crippen molar-refractivity contribution in [2.75, 3.05) is 5.01 Å². The lowest BCUT2D eigenvalue weighted by molar-refractivity contribution is -0.384. The van der Waals surface area contributed by atoms with E-state index in [4.69, 9.17) is 5.10 Å². The highest BCUT2D eigenvalue weighted by Gasteiger charge is 2.38. The number of nitrogens with zero attached hydrogens (tertiary/aromatic N) is 3. The number of non-ortho nitro benzene ring substituents is 1. The zero-order valence-corrected chi connectivity index (χ0v) is 15.9. The minimum atomic E-state index is -0.383. The van der Waals surface area contributed by atoms with Crippen LogP contribution in [0.15, 0.2) is 90.0 Å². The number of nitro benzene ring substituents is 1. The van der Waals surface area contributed by atoms with Crippen molar-refractivity contribution in [3.05, 3.63) is 106 Å². The van der Waals surface area contributed by atoms with Gasteiger partial charge in [0, 0.05) is 17.7 Å². The van der Waals surface area contributed by atoms with E-state index in [1.807, 2.05) is 59.6 Å². The summed E-state index contributed by atoms with van der Waals surface area (Å²) in [6.07, 6.45) is 0. The van der Waals surface area contributed by atoms with Crippen molar-refractivity contribution in [3.63, 3.8) is 0 Å². The Balaban J connectivity index is 1.81. The van der Waals surface area contributed by atoms with Gasteiger partial charge in [0.1, 0.15) is 0 Å². The number of benzene rings is 3. The Morgan fingerprint density at radius 2 is 1.59 bits per heavy atom. The van der Waals surface area contributed by atoms with Crippen LogP contribution in [-0.2, 0) is 0 Å². The van der Waals surface area contributed by atoms with Crippen molar-refractivity contribution in [2.45, 2.75) is 10.9 Å². The van der Waals surface area contributed by atoms with Crippen molar-refractivity contribution >= 4 is 33.0 Å². The van der Waals surface area contributed by atoms with E-state index in [9.17, 15) is 10.1 Å². The average Bonchev–Trinajstić information content (AvgIpc) is 3.06. The normalized spacial score (nSPS) is 19.0. The standard InChI is InChI=1S/C21H16BrN3O2/c22-19-20(16-10-7-13-18(14-16)25(26)27)23-24(17-11-5-2-6-12-17)21(19)15-8-3-1-4-9-15/h1-14,19,21H. The minimum Gasteiger partial charge on any atom is -0.258 e. The molecule has 4 rings (SSSR count). The van der Waals surface area contributed by atoms with Crippen LogP contribution < -0.4 is 5.01 Å². The number of hydrogen-bond acceptors (Lipinski definition) is 4. The molecule has 2 atom stereocenters. The van der Waals surface area contributed by atoms with Gasteiger partial charge in [0.2, 0.25) is 0 Å². The molecule has 2 unspecified atom stereocenters. The van der Waals surface area contributed by atoms with Gasteiger partial charge in [-0.25, -0.2) is 0 Å². The third-order valence-corrected chi connectivity index (χ3v) is 5.47. The fourth-order valence-electron chi connectivity index (χ4n) is 3.26. The third-order valence-electron chi connectivity index (χ3n) is 4.53. The van der Waals surface area contributed by atoms with Gasteiger partial charge in [0.05, 0.1) is 27.2 Å². The van der Waals surface area contributed by atoms with E-state index in [1.54, 1.807) is 12.1 Å². The molecule has 1 aliphatic heterocycles. The van der Waals surface area contributed by atoms with Crippen molar-refractivity contribution in [3.8, 4) is 0 Å². The summed E-state index contributed by atoms with van der Waals surface area (Å²) in [6.45, 7) is 0. The number of anilines is 1. The van der Waals surface area contributed by atoms with Crippen molar-refractivity contribution in [2.24, 2.45) is 5.10 Å². The van der Waals surface area contributed by atoms with Crippen LogP contribution in [0.4, 0.5) is 11.4 Å². The maximum absolute atomic E-state index is 11.2. The van der Waals surface area contributed by atoms with E-state index >= 15 is 0 Å². The van der Waals surface area contributed by atoms with Crippen LogP contribution in [0.1, 0.15) is 17.2 Å². The van der Waals surface area contributed by atoms with Crippen LogP contribution in [0.5, 0.6) is 0 Å². The first-order valence-corrected chi connectivity index (χ1v) is 9.43. The minimum absolute atomic E-state index is 0.0529. The molecule has 0 spiro atoms. The molecule has 0 bridgehead atoms. The zero-order valence-electron chi connectivity index (χ0n) is 14.3. The van der Waals surface area contributed by atoms with Gasteiger partial charge in [0.25, 0.3) is 5.69 Å². The van der Waals surface area contributed by atoms with Gasteiger partial charge in [-0.1, -0.05) is 76.6 Å². The lowest BCUT2D eigenvalue weighted by Crippen LogP contribution is -2.25. The predicted molar refractivity (Wildman–Crippen MR) is 110 cm³/mol. The second-order valence-corrected chi connectivity index (χ2v) is 7.22. The number of rotatable bonds is 4. The number of halogens is 1. The monoisotopic (exact) mass is 421 g/mol. The van der Waals surface area contributed by atoms with Crippen LogP contribution in [0.3, 0.4) is 0 Å². The van der Waals surface area contributed by atoms with E-state index in [0.29, 0.717) is 0 Å². The van der Waals surface area contributed by atoms with Gasteiger partial charge in [-0.2, -0.15) is 5.10 Å². The van der Waals surface area contributed by atoms with Crippen molar-refractivity contribution in [1.82, 2.24) is 0 Å². The Hall–Kier alpha value is -2.99. The molecular formula is C21H16BrN3O2. The molecule has 0 fully saturated rings. The number of hydrogen-bond donors (Lipinski definition) is 0. The van der Waals surface area contributed by atoms with Crippen LogP contribution >= 0.6 is 15.9 Å². The molecule has 27 heavy (non-hydrogen) atoms. The van der Waals surface area contributed by atoms with Gasteiger partial charge in [-0.15, -0.1) is 0 Å². The molecule has 3 aromatic rings.